The van der Waals surface area contributed by atoms with Gasteiger partial charge in [0.15, 0.2) is 0 Å². The molecule has 7 heteroatoms. The number of benzene rings is 2. The molecule has 7 rings (SSSR count). The summed E-state index contributed by atoms with van der Waals surface area (Å²) in [4.78, 5) is 30.3. The standard InChI is InChI=1S/C29H32N4O3/c30-24(12-17-5-7-21(34)8-6-17)27(35)32-33-28(36)26-13-23(22-3-1-2-4-25(22)31-26)29-14-18-9-19(15-29)11-20(10-18)16-29/h1-8,13,18-20,24,34H,9-12,14-16,30H2,(H,32,35)(H,33,36)/t18?,19?,20?,24-,29?/m1/s1. The number of phenols is 1. The van der Waals surface area contributed by atoms with Crippen LogP contribution in [0, 0.1) is 17.8 Å². The fraction of sp³-hybridized carbons (Fsp3) is 0.414. The number of rotatable bonds is 5. The van der Waals surface area contributed by atoms with E-state index in [1.165, 1.54) is 44.1 Å². The van der Waals surface area contributed by atoms with Crippen molar-refractivity contribution in [2.75, 3.05) is 0 Å². The molecule has 4 fully saturated rings. The fourth-order valence-electron chi connectivity index (χ4n) is 7.42. The van der Waals surface area contributed by atoms with Crippen LogP contribution in [0.3, 0.4) is 0 Å². The first-order chi connectivity index (χ1) is 17.4. The lowest BCUT2D eigenvalue weighted by Gasteiger charge is -2.57. The number of aromatic nitrogens is 1. The van der Waals surface area contributed by atoms with Crippen LogP contribution in [0.1, 0.15) is 60.1 Å². The molecular weight excluding hydrogens is 452 g/mol. The van der Waals surface area contributed by atoms with Crippen molar-refractivity contribution in [2.24, 2.45) is 23.5 Å². The maximum absolute atomic E-state index is 13.1. The normalized spacial score (nSPS) is 27.1. The number of fused-ring (bicyclic) bond motifs is 1. The van der Waals surface area contributed by atoms with Crippen molar-refractivity contribution in [3.63, 3.8) is 0 Å². The van der Waals surface area contributed by atoms with Gasteiger partial charge in [0.1, 0.15) is 11.4 Å². The molecule has 2 amide bonds. The smallest absolute Gasteiger partial charge is 0.288 e. The summed E-state index contributed by atoms with van der Waals surface area (Å²) in [6.45, 7) is 0. The van der Waals surface area contributed by atoms with Crippen LogP contribution >= 0.6 is 0 Å². The summed E-state index contributed by atoms with van der Waals surface area (Å²) in [7, 11) is 0. The highest BCUT2D eigenvalue weighted by atomic mass is 16.3. The average Bonchev–Trinajstić information content (AvgIpc) is 2.87. The van der Waals surface area contributed by atoms with E-state index in [0.717, 1.165) is 34.2 Å². The zero-order chi connectivity index (χ0) is 24.9. The Balaban J connectivity index is 1.21. The minimum absolute atomic E-state index is 0.113. The molecule has 186 valence electrons. The Morgan fingerprint density at radius 3 is 2.28 bits per heavy atom. The lowest BCUT2D eigenvalue weighted by atomic mass is 9.48. The maximum Gasteiger partial charge on any atom is 0.288 e. The fourth-order valence-corrected chi connectivity index (χ4v) is 7.42. The Bertz CT molecular complexity index is 1280. The number of hydrazine groups is 1. The molecule has 4 bridgehead atoms. The molecule has 0 unspecified atom stereocenters. The first-order valence-corrected chi connectivity index (χ1v) is 12.9. The van der Waals surface area contributed by atoms with Crippen molar-refractivity contribution in [3.8, 4) is 5.75 Å². The van der Waals surface area contributed by atoms with Gasteiger partial charge in [-0.05, 0) is 104 Å². The van der Waals surface area contributed by atoms with Gasteiger partial charge in [-0.2, -0.15) is 0 Å². The first kappa shape index (κ1) is 23.0. The number of hydrogen-bond acceptors (Lipinski definition) is 5. The van der Waals surface area contributed by atoms with E-state index >= 15 is 0 Å². The monoisotopic (exact) mass is 484 g/mol. The van der Waals surface area contributed by atoms with Crippen LogP contribution in [0.2, 0.25) is 0 Å². The quantitative estimate of drug-likeness (QED) is 0.412. The summed E-state index contributed by atoms with van der Waals surface area (Å²) in [5.41, 5.74) is 14.3. The molecule has 4 aliphatic carbocycles. The van der Waals surface area contributed by atoms with Crippen molar-refractivity contribution in [2.45, 2.75) is 56.4 Å². The lowest BCUT2D eigenvalue weighted by molar-refractivity contribution is -0.123. The summed E-state index contributed by atoms with van der Waals surface area (Å²) < 4.78 is 0. The van der Waals surface area contributed by atoms with E-state index < -0.39 is 17.9 Å². The molecule has 4 aliphatic rings. The summed E-state index contributed by atoms with van der Waals surface area (Å²) in [6.07, 6.45) is 7.92. The van der Waals surface area contributed by atoms with E-state index in [-0.39, 0.29) is 17.6 Å². The number of hydrogen-bond donors (Lipinski definition) is 4. The Morgan fingerprint density at radius 1 is 0.972 bits per heavy atom. The number of nitrogens with zero attached hydrogens (tertiary/aromatic N) is 1. The molecule has 0 radical (unpaired) electrons. The third-order valence-electron chi connectivity index (χ3n) is 8.59. The number of carbonyl (C=O) groups is 2. The Labute approximate surface area is 210 Å². The highest BCUT2D eigenvalue weighted by molar-refractivity contribution is 5.97. The van der Waals surface area contributed by atoms with Crippen molar-refractivity contribution in [3.05, 3.63) is 71.4 Å². The zero-order valence-electron chi connectivity index (χ0n) is 20.2. The predicted octanol–water partition coefficient (Wildman–Crippen LogP) is 3.74. The van der Waals surface area contributed by atoms with E-state index in [0.29, 0.717) is 5.69 Å². The Morgan fingerprint density at radius 2 is 1.61 bits per heavy atom. The van der Waals surface area contributed by atoms with Crippen LogP contribution in [-0.4, -0.2) is 27.9 Å². The highest BCUT2D eigenvalue weighted by Crippen LogP contribution is 2.61. The number of aromatic hydroxyl groups is 1. The Kier molecular flexibility index (Phi) is 5.67. The lowest BCUT2D eigenvalue weighted by Crippen LogP contribution is -2.50. The van der Waals surface area contributed by atoms with Crippen molar-refractivity contribution in [1.82, 2.24) is 15.8 Å². The Hall–Kier alpha value is -3.45. The number of nitrogens with one attached hydrogen (secondary N) is 2. The molecule has 2 aromatic carbocycles. The molecule has 1 heterocycles. The van der Waals surface area contributed by atoms with Crippen molar-refractivity contribution < 1.29 is 14.7 Å². The SMILES string of the molecule is N[C@H](Cc1ccc(O)cc1)C(=O)NNC(=O)c1cc(C23CC4CC(CC(C4)C2)C3)c2ccccc2n1. The highest BCUT2D eigenvalue weighted by Gasteiger charge is 2.52. The largest absolute Gasteiger partial charge is 0.508 e. The van der Waals surface area contributed by atoms with E-state index in [2.05, 4.69) is 21.9 Å². The van der Waals surface area contributed by atoms with Gasteiger partial charge in [0.25, 0.3) is 11.8 Å². The number of carbonyl (C=O) groups excluding carboxylic acids is 2. The number of para-hydroxylation sites is 1. The number of amides is 2. The molecular formula is C29H32N4O3. The van der Waals surface area contributed by atoms with Gasteiger partial charge in [-0.3, -0.25) is 20.4 Å². The summed E-state index contributed by atoms with van der Waals surface area (Å²) in [5.74, 6) is 1.58. The molecule has 1 aromatic heterocycles. The van der Waals surface area contributed by atoms with Gasteiger partial charge in [-0.25, -0.2) is 4.98 Å². The zero-order valence-corrected chi connectivity index (χ0v) is 20.2. The second-order valence-corrected chi connectivity index (χ2v) is 11.2. The van der Waals surface area contributed by atoms with E-state index in [1.54, 1.807) is 24.3 Å². The molecule has 3 aromatic rings. The van der Waals surface area contributed by atoms with E-state index in [1.807, 2.05) is 24.3 Å². The van der Waals surface area contributed by atoms with Gasteiger partial charge in [0, 0.05) is 5.39 Å². The molecule has 36 heavy (non-hydrogen) atoms. The second kappa shape index (κ2) is 8.89. The van der Waals surface area contributed by atoms with Gasteiger partial charge in [-0.15, -0.1) is 0 Å². The third kappa shape index (κ3) is 4.22. The minimum atomic E-state index is -0.845. The second-order valence-electron chi connectivity index (χ2n) is 11.2. The average molecular weight is 485 g/mol. The molecule has 0 saturated heterocycles. The first-order valence-electron chi connectivity index (χ1n) is 12.9. The van der Waals surface area contributed by atoms with E-state index in [9.17, 15) is 14.7 Å². The van der Waals surface area contributed by atoms with Crippen LogP contribution in [0.25, 0.3) is 10.9 Å². The summed E-state index contributed by atoms with van der Waals surface area (Å²) in [5, 5.41) is 10.6. The molecule has 4 saturated carbocycles. The molecule has 5 N–H and O–H groups in total. The number of pyridine rings is 1. The van der Waals surface area contributed by atoms with Crippen LogP contribution in [0.4, 0.5) is 0 Å². The topological polar surface area (TPSA) is 117 Å². The van der Waals surface area contributed by atoms with Crippen LogP contribution < -0.4 is 16.6 Å². The third-order valence-corrected chi connectivity index (χ3v) is 8.59. The van der Waals surface area contributed by atoms with Crippen molar-refractivity contribution in [1.29, 1.82) is 0 Å². The van der Waals surface area contributed by atoms with Gasteiger partial charge < -0.3 is 10.8 Å². The van der Waals surface area contributed by atoms with Gasteiger partial charge in [0.05, 0.1) is 11.6 Å². The molecule has 0 aliphatic heterocycles. The predicted molar refractivity (Wildman–Crippen MR) is 137 cm³/mol. The number of phenolic OH excluding ortho intramolecular Hbond substituents is 1. The summed E-state index contributed by atoms with van der Waals surface area (Å²) >= 11 is 0. The van der Waals surface area contributed by atoms with Gasteiger partial charge in [0.2, 0.25) is 0 Å². The maximum atomic E-state index is 13.1. The molecule has 0 spiro atoms. The van der Waals surface area contributed by atoms with Crippen LogP contribution in [-0.2, 0) is 16.6 Å². The van der Waals surface area contributed by atoms with Crippen molar-refractivity contribution >= 4 is 22.7 Å². The van der Waals surface area contributed by atoms with Gasteiger partial charge >= 0.3 is 0 Å². The van der Waals surface area contributed by atoms with Gasteiger partial charge in [-0.1, -0.05) is 30.3 Å². The molecule has 1 atom stereocenters. The molecule has 7 nitrogen and oxygen atoms in total. The van der Waals surface area contributed by atoms with Crippen LogP contribution in [0.5, 0.6) is 5.75 Å². The van der Waals surface area contributed by atoms with E-state index in [4.69, 9.17) is 5.73 Å². The number of nitrogens with two attached hydrogens (primary N) is 1. The minimum Gasteiger partial charge on any atom is -0.508 e. The summed E-state index contributed by atoms with van der Waals surface area (Å²) in [6, 6.07) is 15.7. The van der Waals surface area contributed by atoms with Crippen LogP contribution in [0.15, 0.2) is 54.6 Å².